The minimum Gasteiger partial charge on any atom is -0.465 e. The predicted molar refractivity (Wildman–Crippen MR) is 259 cm³/mol. The van der Waals surface area contributed by atoms with Gasteiger partial charge in [-0.25, -0.2) is 4.79 Å². The number of rotatable bonds is 12. The summed E-state index contributed by atoms with van der Waals surface area (Å²) in [6.45, 7) is 6.81. The van der Waals surface area contributed by atoms with Crippen molar-refractivity contribution in [3.05, 3.63) is 65.3 Å². The highest BCUT2D eigenvalue weighted by molar-refractivity contribution is 7.13. The lowest BCUT2D eigenvalue weighted by Gasteiger charge is -2.30. The number of anilines is 4. The maximum Gasteiger partial charge on any atom is 0.350 e. The van der Waals surface area contributed by atoms with E-state index in [9.17, 15) is 43.2 Å². The number of likely N-dealkylation sites (tertiary alicyclic amines) is 4. The van der Waals surface area contributed by atoms with Crippen LogP contribution in [0, 0.1) is 5.41 Å². The molecule has 360 valence electrons. The van der Waals surface area contributed by atoms with Gasteiger partial charge in [0.05, 0.1) is 29.9 Å². The molecule has 0 aromatic carbocycles. The molecule has 4 aliphatic rings. The van der Waals surface area contributed by atoms with Crippen LogP contribution in [0.3, 0.4) is 0 Å². The number of hydrogen-bond donors (Lipinski definition) is 4. The molecule has 4 saturated heterocycles. The first-order valence-corrected chi connectivity index (χ1v) is 25.9. The van der Waals surface area contributed by atoms with Gasteiger partial charge < -0.3 is 45.6 Å². The Morgan fingerprint density at radius 2 is 0.750 bits per heavy atom. The van der Waals surface area contributed by atoms with Crippen molar-refractivity contribution in [2.24, 2.45) is 5.41 Å². The quantitative estimate of drug-likeness (QED) is 0.114. The molecule has 4 aromatic rings. The van der Waals surface area contributed by atoms with Crippen LogP contribution in [0.2, 0.25) is 0 Å². The standard InChI is InChI=1S/C46H52N8O10S4/c1-46(2,3)45(63)54-20-8-12-32(54)40(58)49-27-15-23-67-35(27)43(61)52-18-6-10-30(52)38(56)47-25-13-21-65-33(25)41(59)51-17-5-9-29(51)37(55)48-26-14-22-66-34(26)42(60)53-19-7-11-31(53)39(57)50-28-16-24-68-36(28)44(62)64-4/h13-16,21-24,29-32H,5-12,17-20H2,1-4H3,(H,47,56)(H,48,55)(H,49,58)(H,50,57). The Morgan fingerprint density at radius 3 is 1.06 bits per heavy atom. The molecule has 68 heavy (non-hydrogen) atoms. The number of methoxy groups -OCH3 is 1. The Balaban J connectivity index is 0.889. The van der Waals surface area contributed by atoms with Crippen molar-refractivity contribution in [3.8, 4) is 0 Å². The molecule has 0 bridgehead atoms. The number of carbonyl (C=O) groups is 9. The normalized spacial score (nSPS) is 20.4. The van der Waals surface area contributed by atoms with Crippen molar-refractivity contribution in [1.29, 1.82) is 0 Å². The summed E-state index contributed by atoms with van der Waals surface area (Å²) in [7, 11) is 1.25. The molecule has 0 aliphatic carbocycles. The third kappa shape index (κ3) is 9.81. The van der Waals surface area contributed by atoms with Crippen LogP contribution < -0.4 is 21.3 Å². The maximum atomic E-state index is 14.2. The van der Waals surface area contributed by atoms with E-state index in [0.717, 1.165) is 45.3 Å². The number of hydrogen-bond acceptors (Lipinski definition) is 14. The van der Waals surface area contributed by atoms with Gasteiger partial charge in [0.1, 0.15) is 43.7 Å². The summed E-state index contributed by atoms with van der Waals surface area (Å²) in [6.07, 6.45) is 4.02. The summed E-state index contributed by atoms with van der Waals surface area (Å²) in [4.78, 5) is 129. The van der Waals surface area contributed by atoms with Crippen LogP contribution in [0.25, 0.3) is 0 Å². The van der Waals surface area contributed by atoms with E-state index in [4.69, 9.17) is 4.74 Å². The largest absolute Gasteiger partial charge is 0.465 e. The Hall–Kier alpha value is -5.97. The average Bonchev–Trinajstić information content (AvgIpc) is 4.17. The molecule has 8 rings (SSSR count). The SMILES string of the molecule is COC(=O)c1sccc1NC(=O)C1CCCN1C(=O)c1sccc1NC(=O)C1CCCN1C(=O)c1sccc1NC(=O)C1CCCN1C(=O)c1sccc1NC(=O)C1CCCN1C(=O)C(C)(C)C. The van der Waals surface area contributed by atoms with Crippen molar-refractivity contribution < 1.29 is 47.9 Å². The Bertz CT molecular complexity index is 2650. The van der Waals surface area contributed by atoms with Crippen molar-refractivity contribution >= 4 is 121 Å². The van der Waals surface area contributed by atoms with Crippen LogP contribution in [0.5, 0.6) is 0 Å². The number of amides is 8. The van der Waals surface area contributed by atoms with E-state index in [0.29, 0.717) is 82.4 Å². The molecule has 22 heteroatoms. The lowest BCUT2D eigenvalue weighted by molar-refractivity contribution is -0.143. The van der Waals surface area contributed by atoms with Gasteiger partial charge in [0.25, 0.3) is 17.7 Å². The van der Waals surface area contributed by atoms with Gasteiger partial charge in [-0.15, -0.1) is 45.3 Å². The van der Waals surface area contributed by atoms with Crippen LogP contribution in [0.4, 0.5) is 22.7 Å². The third-order valence-electron chi connectivity index (χ3n) is 12.6. The average molecular weight is 1010 g/mol. The molecule has 4 aromatic heterocycles. The zero-order valence-electron chi connectivity index (χ0n) is 37.9. The van der Waals surface area contributed by atoms with E-state index < -0.39 is 71.0 Å². The molecule has 8 heterocycles. The first kappa shape index (κ1) is 48.5. The monoisotopic (exact) mass is 1000 g/mol. The fraction of sp³-hybridized carbons (Fsp3) is 0.457. The van der Waals surface area contributed by atoms with Crippen LogP contribution in [-0.2, 0) is 28.7 Å². The number of esters is 1. The smallest absolute Gasteiger partial charge is 0.350 e. The van der Waals surface area contributed by atoms with Crippen LogP contribution in [-0.4, -0.2) is 130 Å². The van der Waals surface area contributed by atoms with E-state index in [1.807, 2.05) is 20.8 Å². The van der Waals surface area contributed by atoms with Gasteiger partial charge in [0, 0.05) is 31.6 Å². The third-order valence-corrected chi connectivity index (χ3v) is 16.2. The summed E-state index contributed by atoms with van der Waals surface area (Å²) in [5.74, 6) is -3.79. The maximum absolute atomic E-state index is 14.2. The molecule has 0 radical (unpaired) electrons. The molecule has 4 fully saturated rings. The van der Waals surface area contributed by atoms with Crippen molar-refractivity contribution in [2.45, 2.75) is 96.3 Å². The van der Waals surface area contributed by atoms with Crippen molar-refractivity contribution in [3.63, 3.8) is 0 Å². The Morgan fingerprint density at radius 1 is 0.471 bits per heavy atom. The van der Waals surface area contributed by atoms with E-state index in [2.05, 4.69) is 21.3 Å². The first-order valence-electron chi connectivity index (χ1n) is 22.4. The number of nitrogens with zero attached hydrogens (tertiary/aromatic N) is 4. The fourth-order valence-electron chi connectivity index (χ4n) is 9.19. The fourth-order valence-corrected chi connectivity index (χ4v) is 12.4. The van der Waals surface area contributed by atoms with E-state index in [-0.39, 0.29) is 49.2 Å². The van der Waals surface area contributed by atoms with Crippen molar-refractivity contribution in [1.82, 2.24) is 19.6 Å². The van der Waals surface area contributed by atoms with E-state index >= 15 is 0 Å². The van der Waals surface area contributed by atoms with E-state index in [1.165, 1.54) is 21.8 Å². The Labute approximate surface area is 408 Å². The summed E-state index contributed by atoms with van der Waals surface area (Å²) in [5, 5.41) is 18.1. The summed E-state index contributed by atoms with van der Waals surface area (Å²) in [6, 6.07) is 3.25. The first-order chi connectivity index (χ1) is 32.6. The summed E-state index contributed by atoms with van der Waals surface area (Å²) in [5.41, 5.74) is 0.465. The summed E-state index contributed by atoms with van der Waals surface area (Å²) >= 11 is 4.52. The van der Waals surface area contributed by atoms with Gasteiger partial charge in [-0.3, -0.25) is 38.4 Å². The molecule has 0 saturated carbocycles. The van der Waals surface area contributed by atoms with Gasteiger partial charge in [0.2, 0.25) is 29.5 Å². The highest BCUT2D eigenvalue weighted by Crippen LogP contribution is 2.35. The lowest BCUT2D eigenvalue weighted by Crippen LogP contribution is -2.47. The van der Waals surface area contributed by atoms with Crippen LogP contribution in [0.15, 0.2) is 45.8 Å². The minimum atomic E-state index is -0.880. The second-order valence-electron chi connectivity index (χ2n) is 18.0. The highest BCUT2D eigenvalue weighted by Gasteiger charge is 2.42. The number of nitrogens with one attached hydrogen (secondary N) is 4. The molecule has 0 spiro atoms. The number of carbonyl (C=O) groups excluding carboxylic acids is 9. The van der Waals surface area contributed by atoms with E-state index in [1.54, 1.807) is 50.7 Å². The second kappa shape index (κ2) is 20.3. The minimum absolute atomic E-state index is 0.117. The zero-order valence-corrected chi connectivity index (χ0v) is 41.2. The van der Waals surface area contributed by atoms with Gasteiger partial charge in [-0.1, -0.05) is 20.8 Å². The highest BCUT2D eigenvalue weighted by atomic mass is 32.1. The van der Waals surface area contributed by atoms with Crippen molar-refractivity contribution in [2.75, 3.05) is 54.6 Å². The topological polar surface area (TPSA) is 224 Å². The molecule has 8 amide bonds. The molecular formula is C46H52N8O10S4. The number of ether oxygens (including phenoxy) is 1. The predicted octanol–water partition coefficient (Wildman–Crippen LogP) is 6.42. The summed E-state index contributed by atoms with van der Waals surface area (Å²) < 4.78 is 4.82. The van der Waals surface area contributed by atoms with Gasteiger partial charge in [-0.05, 0) is 97.2 Å². The van der Waals surface area contributed by atoms with Crippen LogP contribution >= 0.6 is 45.3 Å². The molecule has 4 unspecified atom stereocenters. The van der Waals surface area contributed by atoms with Gasteiger partial charge >= 0.3 is 5.97 Å². The number of thiophene rings is 4. The molecule has 18 nitrogen and oxygen atoms in total. The lowest BCUT2D eigenvalue weighted by atomic mass is 9.94. The molecular weight excluding hydrogens is 953 g/mol. The Kier molecular flexibility index (Phi) is 14.5. The van der Waals surface area contributed by atoms with Gasteiger partial charge in [-0.2, -0.15) is 0 Å². The van der Waals surface area contributed by atoms with Crippen LogP contribution in [0.1, 0.15) is 111 Å². The second-order valence-corrected chi connectivity index (χ2v) is 21.6. The molecule has 4 atom stereocenters. The van der Waals surface area contributed by atoms with Gasteiger partial charge in [0.15, 0.2) is 0 Å². The zero-order chi connectivity index (χ0) is 48.4. The molecule has 4 aliphatic heterocycles. The molecule has 4 N–H and O–H groups in total.